The number of carbonyl (C=O) groups excluding carboxylic acids is 1. The van der Waals surface area contributed by atoms with Crippen molar-refractivity contribution in [3.8, 4) is 5.75 Å². The lowest BCUT2D eigenvalue weighted by Crippen LogP contribution is -2.50. The number of hydrogen-bond donors (Lipinski definition) is 0. The Morgan fingerprint density at radius 3 is 0.907 bits per heavy atom. The minimum Gasteiger partial charge on any atom is -0.490 e. The lowest BCUT2D eigenvalue weighted by Gasteiger charge is -2.60. The first-order valence-electron chi connectivity index (χ1n) is 33.4. The van der Waals surface area contributed by atoms with Crippen molar-refractivity contribution < 1.29 is 14.3 Å². The van der Waals surface area contributed by atoms with Crippen LogP contribution in [0.5, 0.6) is 5.75 Å². The van der Waals surface area contributed by atoms with Crippen molar-refractivity contribution in [2.45, 2.75) is 351 Å². The number of benzene rings is 1. The van der Waals surface area contributed by atoms with Crippen LogP contribution in [0.25, 0.3) is 0 Å². The third-order valence-corrected chi connectivity index (χ3v) is 24.2. The lowest BCUT2D eigenvalue weighted by molar-refractivity contribution is -0.162. The molecule has 0 heterocycles. The van der Waals surface area contributed by atoms with Gasteiger partial charge in [-0.3, -0.25) is 4.79 Å². The van der Waals surface area contributed by atoms with Crippen LogP contribution in [0.4, 0.5) is 0 Å². The molecule has 0 saturated carbocycles. The van der Waals surface area contributed by atoms with E-state index in [0.29, 0.717) is 6.61 Å². The molecule has 0 aliphatic rings. The van der Waals surface area contributed by atoms with Crippen LogP contribution in [0.15, 0.2) is 30.3 Å². The molecular weight excluding hydrogens is 913 g/mol. The number of esters is 1. The molecule has 0 spiro atoms. The minimum absolute atomic E-state index is 0.00146. The first kappa shape index (κ1) is 71.5. The zero-order valence-corrected chi connectivity index (χ0v) is 55.2. The maximum absolute atomic E-state index is 15.7. The zero-order valence-electron chi connectivity index (χ0n) is 55.2. The standard InChI is InChI=1S/C72H136O3/c1-22-42-46-49-70(53-64(24-3,25-4)26-5,54-65(27-6,28-7)29-8)59-71(55-66(30-9,31-10)32-11,52-63(21,23-2)62(73)75-51-50-74-61-47-44-43-45-48-61)60-72(56-67(33-12,34-13)35-14,57-68(36-15,37-16)38-17)58-69(39-18,40-19)41-20/h43-45,47-48H,22-42,46,49-60H2,1-21H3. The predicted molar refractivity (Wildman–Crippen MR) is 334 cm³/mol. The second-order valence-electron chi connectivity index (χ2n) is 27.1. The van der Waals surface area contributed by atoms with Gasteiger partial charge in [0.2, 0.25) is 0 Å². The fourth-order valence-electron chi connectivity index (χ4n) is 17.2. The van der Waals surface area contributed by atoms with Gasteiger partial charge in [-0.05, 0) is 138 Å². The molecule has 0 saturated heterocycles. The van der Waals surface area contributed by atoms with Crippen LogP contribution >= 0.6 is 0 Å². The Morgan fingerprint density at radius 1 is 0.333 bits per heavy atom. The van der Waals surface area contributed by atoms with Gasteiger partial charge in [0.05, 0.1) is 5.41 Å². The van der Waals surface area contributed by atoms with Crippen LogP contribution in [0.3, 0.4) is 0 Å². The zero-order chi connectivity index (χ0) is 57.1. The summed E-state index contributed by atoms with van der Waals surface area (Å²) in [5, 5.41) is 0. The number of para-hydroxylation sites is 1. The van der Waals surface area contributed by atoms with Crippen LogP contribution in [0.1, 0.15) is 351 Å². The van der Waals surface area contributed by atoms with Gasteiger partial charge in [0.25, 0.3) is 0 Å². The van der Waals surface area contributed by atoms with E-state index in [1.54, 1.807) is 0 Å². The van der Waals surface area contributed by atoms with Gasteiger partial charge in [-0.2, -0.15) is 0 Å². The highest BCUT2D eigenvalue weighted by molar-refractivity contribution is 5.76. The van der Waals surface area contributed by atoms with Gasteiger partial charge in [-0.25, -0.2) is 0 Å². The Kier molecular flexibility index (Phi) is 31.7. The third-order valence-electron chi connectivity index (χ3n) is 24.2. The lowest BCUT2D eigenvalue weighted by atomic mass is 9.45. The third kappa shape index (κ3) is 19.3. The van der Waals surface area contributed by atoms with Gasteiger partial charge in [-0.15, -0.1) is 0 Å². The number of hydrogen-bond acceptors (Lipinski definition) is 3. The summed E-state index contributed by atoms with van der Waals surface area (Å²) in [4.78, 5) is 15.7. The molecule has 0 aliphatic heterocycles. The Labute approximate surface area is 472 Å². The number of rotatable bonds is 46. The largest absolute Gasteiger partial charge is 0.490 e. The normalized spacial score (nSPS) is 15.2. The van der Waals surface area contributed by atoms with Gasteiger partial charge in [0, 0.05) is 0 Å². The van der Waals surface area contributed by atoms with Crippen molar-refractivity contribution in [3.05, 3.63) is 30.3 Å². The molecule has 442 valence electrons. The van der Waals surface area contributed by atoms with E-state index in [-0.39, 0.29) is 61.3 Å². The average Bonchev–Trinajstić information content (AvgIpc) is 3.45. The monoisotopic (exact) mass is 1050 g/mol. The molecule has 0 aromatic heterocycles. The van der Waals surface area contributed by atoms with Crippen molar-refractivity contribution in [3.63, 3.8) is 0 Å². The van der Waals surface area contributed by atoms with Crippen LogP contribution in [0, 0.1) is 54.1 Å². The molecule has 0 aliphatic carbocycles. The molecule has 1 aromatic rings. The SMILES string of the molecule is CCCCCC(CC(CC)(CC)CC)(CC(CC)(CC)CC)CC(CC(CC)(CC)CC)(CC(CC(CC)(CC)CC)(CC(CC)(CC)CC)CC(CC)(CC)CC)CC(C)(CC)C(=O)OCCOc1ccccc1. The van der Waals surface area contributed by atoms with Crippen molar-refractivity contribution in [2.24, 2.45) is 54.1 Å². The van der Waals surface area contributed by atoms with E-state index in [2.05, 4.69) is 145 Å². The summed E-state index contributed by atoms with van der Waals surface area (Å²) in [6.45, 7) is 53.5. The van der Waals surface area contributed by atoms with Crippen LogP contribution < -0.4 is 4.74 Å². The molecule has 1 aromatic carbocycles. The Morgan fingerprint density at radius 2 is 0.613 bits per heavy atom. The fourth-order valence-corrected chi connectivity index (χ4v) is 17.2. The summed E-state index contributed by atoms with van der Waals surface area (Å²) in [6.07, 6.45) is 39.0. The second-order valence-corrected chi connectivity index (χ2v) is 27.1. The van der Waals surface area contributed by atoms with Crippen LogP contribution in [0.2, 0.25) is 0 Å². The topological polar surface area (TPSA) is 35.5 Å². The number of carbonyl (C=O) groups is 1. The van der Waals surface area contributed by atoms with Crippen molar-refractivity contribution in [1.82, 2.24) is 0 Å². The van der Waals surface area contributed by atoms with Crippen molar-refractivity contribution in [1.29, 1.82) is 0 Å². The summed E-state index contributed by atoms with van der Waals surface area (Å²) in [5.74, 6) is 0.826. The number of ether oxygens (including phenoxy) is 2. The molecule has 0 fully saturated rings. The predicted octanol–water partition coefficient (Wildman–Crippen LogP) is 24.4. The van der Waals surface area contributed by atoms with Gasteiger partial charge >= 0.3 is 5.97 Å². The van der Waals surface area contributed by atoms with E-state index in [0.717, 1.165) is 18.6 Å². The van der Waals surface area contributed by atoms with Crippen molar-refractivity contribution >= 4 is 5.97 Å². The average molecular weight is 1050 g/mol. The first-order valence-corrected chi connectivity index (χ1v) is 33.4. The molecule has 2 atom stereocenters. The van der Waals surface area contributed by atoms with Gasteiger partial charge in [-0.1, -0.05) is 292 Å². The minimum atomic E-state index is -0.657. The number of unbranched alkanes of at least 4 members (excludes halogenated alkanes) is 2. The maximum Gasteiger partial charge on any atom is 0.311 e. The summed E-state index contributed by atoms with van der Waals surface area (Å²) in [5.41, 5.74) is 0.951. The molecular formula is C72H136O3. The van der Waals surface area contributed by atoms with Crippen LogP contribution in [-0.4, -0.2) is 19.2 Å². The maximum atomic E-state index is 15.7. The summed E-state index contributed by atoms with van der Waals surface area (Å²) < 4.78 is 12.8. The molecule has 0 amide bonds. The molecule has 3 nitrogen and oxygen atoms in total. The van der Waals surface area contributed by atoms with E-state index in [4.69, 9.17) is 9.47 Å². The van der Waals surface area contributed by atoms with Crippen LogP contribution in [-0.2, 0) is 9.53 Å². The Balaban J connectivity index is 5.20. The van der Waals surface area contributed by atoms with E-state index < -0.39 is 5.41 Å². The highest BCUT2D eigenvalue weighted by atomic mass is 16.6. The summed E-state index contributed by atoms with van der Waals surface area (Å²) >= 11 is 0. The van der Waals surface area contributed by atoms with E-state index in [1.165, 1.54) is 193 Å². The summed E-state index contributed by atoms with van der Waals surface area (Å²) in [6, 6.07) is 10.1. The quantitative estimate of drug-likeness (QED) is 0.0482. The Hall–Kier alpha value is -1.51. The van der Waals surface area contributed by atoms with E-state index in [1.807, 2.05) is 30.3 Å². The fraction of sp³-hybridized carbons (Fsp3) is 0.903. The van der Waals surface area contributed by atoms with Gasteiger partial charge < -0.3 is 9.47 Å². The van der Waals surface area contributed by atoms with E-state index >= 15 is 4.79 Å². The van der Waals surface area contributed by atoms with Gasteiger partial charge in [0.1, 0.15) is 19.0 Å². The molecule has 0 bridgehead atoms. The molecule has 1 rings (SSSR count). The summed E-state index contributed by atoms with van der Waals surface area (Å²) in [7, 11) is 0. The second kappa shape index (κ2) is 33.3. The molecule has 75 heavy (non-hydrogen) atoms. The van der Waals surface area contributed by atoms with Crippen molar-refractivity contribution in [2.75, 3.05) is 13.2 Å². The highest BCUT2D eigenvalue weighted by Gasteiger charge is 2.57. The molecule has 0 radical (unpaired) electrons. The van der Waals surface area contributed by atoms with Gasteiger partial charge in [0.15, 0.2) is 0 Å². The Bertz CT molecular complexity index is 1490. The molecule has 0 N–H and O–H groups in total. The smallest absolute Gasteiger partial charge is 0.311 e. The first-order chi connectivity index (χ1) is 35.6. The molecule has 3 heteroatoms. The highest BCUT2D eigenvalue weighted by Crippen LogP contribution is 2.68. The molecule has 2 unspecified atom stereocenters. The van der Waals surface area contributed by atoms with E-state index in [9.17, 15) is 0 Å².